The van der Waals surface area contributed by atoms with Crippen molar-refractivity contribution in [2.45, 2.75) is 57.1 Å². The van der Waals surface area contributed by atoms with E-state index in [2.05, 4.69) is 23.8 Å². The van der Waals surface area contributed by atoms with E-state index in [4.69, 9.17) is 9.47 Å². The van der Waals surface area contributed by atoms with Gasteiger partial charge in [0.1, 0.15) is 0 Å². The van der Waals surface area contributed by atoms with E-state index in [0.717, 1.165) is 30.5 Å². The van der Waals surface area contributed by atoms with Gasteiger partial charge in [0.15, 0.2) is 5.79 Å². The first-order valence-electron chi connectivity index (χ1n) is 9.83. The van der Waals surface area contributed by atoms with Crippen molar-refractivity contribution in [3.63, 3.8) is 0 Å². The van der Waals surface area contributed by atoms with E-state index in [-0.39, 0.29) is 10.3 Å². The zero-order valence-electron chi connectivity index (χ0n) is 16.7. The molecule has 0 aromatic heterocycles. The molecule has 7 heteroatoms. The van der Waals surface area contributed by atoms with Crippen molar-refractivity contribution >= 4 is 15.7 Å². The minimum atomic E-state index is -3.68. The maximum Gasteiger partial charge on any atom is 0.276 e. The molecule has 152 valence electrons. The van der Waals surface area contributed by atoms with Crippen LogP contribution in [0.1, 0.15) is 45.1 Å². The average molecular weight is 405 g/mol. The van der Waals surface area contributed by atoms with Crippen molar-refractivity contribution in [2.24, 2.45) is 16.4 Å². The maximum absolute atomic E-state index is 12.6. The molecule has 1 saturated carbocycles. The van der Waals surface area contributed by atoms with Crippen LogP contribution in [0, 0.1) is 18.3 Å². The molecule has 1 aromatic carbocycles. The van der Waals surface area contributed by atoms with Crippen molar-refractivity contribution in [1.29, 1.82) is 0 Å². The Balaban J connectivity index is 1.55. The van der Waals surface area contributed by atoms with E-state index >= 15 is 0 Å². The number of hydrazone groups is 1. The summed E-state index contributed by atoms with van der Waals surface area (Å²) in [5.41, 5.74) is 2.95. The summed E-state index contributed by atoms with van der Waals surface area (Å²) < 4.78 is 37.0. The first-order chi connectivity index (χ1) is 13.2. The molecule has 0 unspecified atom stereocenters. The zero-order chi connectivity index (χ0) is 20.0. The Kier molecular flexibility index (Phi) is 4.88. The minimum absolute atomic E-state index is 0.0600. The molecular formula is C21H28N2O4S. The maximum atomic E-state index is 12.6. The largest absolute Gasteiger partial charge is 0.348 e. The molecule has 2 atom stereocenters. The molecule has 1 aromatic rings. The highest BCUT2D eigenvalue weighted by atomic mass is 32.2. The summed E-state index contributed by atoms with van der Waals surface area (Å²) in [6, 6.07) is 6.75. The zero-order valence-corrected chi connectivity index (χ0v) is 17.5. The van der Waals surface area contributed by atoms with E-state index in [9.17, 15) is 8.42 Å². The van der Waals surface area contributed by atoms with Gasteiger partial charge in [-0.15, -0.1) is 0 Å². The van der Waals surface area contributed by atoms with Crippen LogP contribution < -0.4 is 4.83 Å². The Hall–Kier alpha value is -1.70. The topological polar surface area (TPSA) is 77.0 Å². The van der Waals surface area contributed by atoms with Crippen LogP contribution >= 0.6 is 0 Å². The highest BCUT2D eigenvalue weighted by molar-refractivity contribution is 7.89. The van der Waals surface area contributed by atoms with Gasteiger partial charge in [0.05, 0.1) is 23.8 Å². The van der Waals surface area contributed by atoms with E-state index in [0.29, 0.717) is 25.6 Å². The van der Waals surface area contributed by atoms with Crippen LogP contribution in [0.25, 0.3) is 0 Å². The molecule has 1 saturated heterocycles. The lowest BCUT2D eigenvalue weighted by Gasteiger charge is -2.50. The molecule has 6 nitrogen and oxygen atoms in total. The fourth-order valence-electron chi connectivity index (χ4n) is 5.03. The normalized spacial score (nSPS) is 30.9. The molecule has 28 heavy (non-hydrogen) atoms. The molecule has 1 spiro atoms. The third-order valence-electron chi connectivity index (χ3n) is 6.31. The van der Waals surface area contributed by atoms with Gasteiger partial charge in [-0.1, -0.05) is 30.2 Å². The highest BCUT2D eigenvalue weighted by Gasteiger charge is 2.52. The molecule has 1 aliphatic heterocycles. The quantitative estimate of drug-likeness (QED) is 0.782. The fourth-order valence-corrected chi connectivity index (χ4v) is 5.87. The Labute approximate surface area is 167 Å². The Morgan fingerprint density at radius 3 is 2.50 bits per heavy atom. The first kappa shape index (κ1) is 19.6. The third-order valence-corrected chi connectivity index (χ3v) is 7.54. The van der Waals surface area contributed by atoms with Gasteiger partial charge in [-0.05, 0) is 56.2 Å². The Morgan fingerprint density at radius 1 is 1.14 bits per heavy atom. The van der Waals surface area contributed by atoms with E-state index in [1.54, 1.807) is 24.3 Å². The predicted molar refractivity (Wildman–Crippen MR) is 107 cm³/mol. The number of nitrogens with one attached hydrogen (secondary N) is 1. The number of hydrogen-bond acceptors (Lipinski definition) is 5. The molecule has 3 aliphatic rings. The SMILES string of the molecule is CC1=C/C(=N/NS(=O)(=O)c2ccc(C)cc2)C[C@]2(C)CC3(CC[C@H]12)OCCO3. The van der Waals surface area contributed by atoms with Crippen molar-refractivity contribution < 1.29 is 17.9 Å². The van der Waals surface area contributed by atoms with Crippen LogP contribution in [-0.2, 0) is 19.5 Å². The van der Waals surface area contributed by atoms with Crippen molar-refractivity contribution in [3.8, 4) is 0 Å². The van der Waals surface area contributed by atoms with Crippen LogP contribution in [0.3, 0.4) is 0 Å². The summed E-state index contributed by atoms with van der Waals surface area (Å²) in [6.07, 6.45) is 5.45. The Bertz CT molecular complexity index is 914. The second-order valence-electron chi connectivity index (χ2n) is 8.61. The summed E-state index contributed by atoms with van der Waals surface area (Å²) >= 11 is 0. The Morgan fingerprint density at radius 2 is 1.82 bits per heavy atom. The molecule has 2 aliphatic carbocycles. The number of fused-ring (bicyclic) bond motifs is 1. The number of aryl methyl sites for hydroxylation is 1. The van der Waals surface area contributed by atoms with Gasteiger partial charge in [-0.2, -0.15) is 18.4 Å². The average Bonchev–Trinajstić information content (AvgIpc) is 3.07. The smallest absolute Gasteiger partial charge is 0.276 e. The molecule has 0 bridgehead atoms. The van der Waals surface area contributed by atoms with E-state index < -0.39 is 15.8 Å². The van der Waals surface area contributed by atoms with Gasteiger partial charge in [-0.3, -0.25) is 0 Å². The van der Waals surface area contributed by atoms with Crippen LogP contribution in [-0.4, -0.2) is 33.1 Å². The number of hydrogen-bond donors (Lipinski definition) is 1. The standard InChI is InChI=1S/C21H28N2O4S/c1-15-4-6-18(7-5-15)28(24,25)23-22-17-12-16(2)19-8-9-21(26-10-11-27-21)14-20(19,3)13-17/h4-7,12,19,23H,8-11,13-14H2,1-3H3/b22-17-/t19-,20-/m1/s1. The van der Waals surface area contributed by atoms with Crippen molar-refractivity contribution in [3.05, 3.63) is 41.5 Å². The summed E-state index contributed by atoms with van der Waals surface area (Å²) in [6.45, 7) is 7.57. The monoisotopic (exact) mass is 404 g/mol. The number of allylic oxidation sites excluding steroid dienone is 2. The summed E-state index contributed by atoms with van der Waals surface area (Å²) in [5.74, 6) is -0.0337. The molecule has 1 N–H and O–H groups in total. The van der Waals surface area contributed by atoms with Gasteiger partial charge in [0.25, 0.3) is 10.0 Å². The van der Waals surface area contributed by atoms with Crippen molar-refractivity contribution in [1.82, 2.24) is 4.83 Å². The lowest BCUT2D eigenvalue weighted by Crippen LogP contribution is -2.48. The molecule has 4 rings (SSSR count). The van der Waals surface area contributed by atoms with E-state index in [1.165, 1.54) is 5.57 Å². The van der Waals surface area contributed by atoms with Gasteiger partial charge < -0.3 is 9.47 Å². The first-order valence-corrected chi connectivity index (χ1v) is 11.3. The second-order valence-corrected chi connectivity index (χ2v) is 10.3. The minimum Gasteiger partial charge on any atom is -0.348 e. The highest BCUT2D eigenvalue weighted by Crippen LogP contribution is 2.54. The second kappa shape index (κ2) is 6.97. The number of nitrogens with zero attached hydrogens (tertiary/aromatic N) is 1. The van der Waals surface area contributed by atoms with Gasteiger partial charge in [0.2, 0.25) is 0 Å². The lowest BCUT2D eigenvalue weighted by molar-refractivity contribution is -0.207. The summed E-state index contributed by atoms with van der Waals surface area (Å²) in [5, 5.41) is 4.28. The molecule has 0 amide bonds. The fraction of sp³-hybridized carbons (Fsp3) is 0.571. The molecule has 1 heterocycles. The van der Waals surface area contributed by atoms with Crippen LogP contribution in [0.5, 0.6) is 0 Å². The van der Waals surface area contributed by atoms with Crippen molar-refractivity contribution in [2.75, 3.05) is 13.2 Å². The predicted octanol–water partition coefficient (Wildman–Crippen LogP) is 3.53. The third kappa shape index (κ3) is 3.63. The van der Waals surface area contributed by atoms with Crippen LogP contribution in [0.15, 0.2) is 45.9 Å². The van der Waals surface area contributed by atoms with Crippen LogP contribution in [0.2, 0.25) is 0 Å². The van der Waals surface area contributed by atoms with Gasteiger partial charge >= 0.3 is 0 Å². The van der Waals surface area contributed by atoms with Crippen LogP contribution in [0.4, 0.5) is 0 Å². The summed E-state index contributed by atoms with van der Waals surface area (Å²) in [7, 11) is -3.68. The summed E-state index contributed by atoms with van der Waals surface area (Å²) in [4.78, 5) is 2.63. The lowest BCUT2D eigenvalue weighted by atomic mass is 9.58. The van der Waals surface area contributed by atoms with Gasteiger partial charge in [0, 0.05) is 12.8 Å². The molecule has 0 radical (unpaired) electrons. The van der Waals surface area contributed by atoms with Gasteiger partial charge in [-0.25, -0.2) is 0 Å². The number of rotatable bonds is 3. The molecule has 2 fully saturated rings. The molecular weight excluding hydrogens is 376 g/mol. The number of sulfonamides is 1. The number of ether oxygens (including phenoxy) is 2. The number of benzene rings is 1. The van der Waals surface area contributed by atoms with E-state index in [1.807, 2.05) is 13.0 Å².